The van der Waals surface area contributed by atoms with Crippen molar-refractivity contribution in [3.63, 3.8) is 0 Å². The van der Waals surface area contributed by atoms with Crippen LogP contribution in [0.5, 0.6) is 0 Å². The predicted octanol–water partition coefficient (Wildman–Crippen LogP) is 2.28. The van der Waals surface area contributed by atoms with Crippen LogP contribution in [-0.2, 0) is 4.79 Å². The first-order valence-corrected chi connectivity index (χ1v) is 7.18. The number of nitrogens with one attached hydrogen (secondary N) is 1. The highest BCUT2D eigenvalue weighted by atomic mass is 32.1. The summed E-state index contributed by atoms with van der Waals surface area (Å²) in [6.45, 7) is 9.66. The van der Waals surface area contributed by atoms with E-state index < -0.39 is 0 Å². The first kappa shape index (κ1) is 15.1. The Bertz CT molecular complexity index is 403. The van der Waals surface area contributed by atoms with Crippen molar-refractivity contribution in [2.75, 3.05) is 20.1 Å². The number of amides is 1. The van der Waals surface area contributed by atoms with Gasteiger partial charge in [-0.05, 0) is 34.7 Å². The molecule has 1 N–H and O–H groups in total. The fourth-order valence-corrected chi connectivity index (χ4v) is 2.81. The number of rotatable bonds is 6. The Morgan fingerprint density at radius 2 is 2.17 bits per heavy atom. The molecule has 1 rings (SSSR count). The van der Waals surface area contributed by atoms with Gasteiger partial charge in [0.1, 0.15) is 0 Å². The van der Waals surface area contributed by atoms with E-state index in [0.29, 0.717) is 13.0 Å². The standard InChI is InChI=1S/C13H23N3OS/c1-6-14-12(17)7-8-16(5)9(2)13-10(3)18-11(4)15-13/h9H,6-8H2,1-5H3,(H,14,17)/t9-/m1/s1. The van der Waals surface area contributed by atoms with E-state index in [-0.39, 0.29) is 11.9 Å². The minimum absolute atomic E-state index is 0.114. The van der Waals surface area contributed by atoms with Crippen LogP contribution in [0.3, 0.4) is 0 Å². The Labute approximate surface area is 113 Å². The van der Waals surface area contributed by atoms with E-state index in [2.05, 4.69) is 29.0 Å². The van der Waals surface area contributed by atoms with Crippen molar-refractivity contribution in [3.05, 3.63) is 15.6 Å². The topological polar surface area (TPSA) is 45.2 Å². The van der Waals surface area contributed by atoms with E-state index in [1.807, 2.05) is 20.9 Å². The number of carbonyl (C=O) groups excluding carboxylic acids is 1. The summed E-state index contributed by atoms with van der Waals surface area (Å²) in [5, 5.41) is 3.92. The number of thiazole rings is 1. The third kappa shape index (κ3) is 4.07. The highest BCUT2D eigenvalue weighted by Gasteiger charge is 2.17. The summed E-state index contributed by atoms with van der Waals surface area (Å²) in [6, 6.07) is 0.254. The molecular formula is C13H23N3OS. The molecule has 1 aromatic heterocycles. The monoisotopic (exact) mass is 269 g/mol. The van der Waals surface area contributed by atoms with Crippen LogP contribution in [0.2, 0.25) is 0 Å². The summed E-state index contributed by atoms with van der Waals surface area (Å²) in [6.07, 6.45) is 0.539. The molecule has 0 fully saturated rings. The van der Waals surface area contributed by atoms with Gasteiger partial charge in [0.15, 0.2) is 0 Å². The Morgan fingerprint density at radius 3 is 2.67 bits per heavy atom. The highest BCUT2D eigenvalue weighted by molar-refractivity contribution is 7.11. The molecule has 4 nitrogen and oxygen atoms in total. The van der Waals surface area contributed by atoms with Crippen molar-refractivity contribution < 1.29 is 4.79 Å². The first-order chi connectivity index (χ1) is 8.45. The fourth-order valence-electron chi connectivity index (χ4n) is 1.90. The first-order valence-electron chi connectivity index (χ1n) is 6.36. The van der Waals surface area contributed by atoms with E-state index in [1.54, 1.807) is 11.3 Å². The van der Waals surface area contributed by atoms with Crippen molar-refractivity contribution in [1.82, 2.24) is 15.2 Å². The van der Waals surface area contributed by atoms with Gasteiger partial charge in [-0.15, -0.1) is 11.3 Å². The molecule has 0 saturated carbocycles. The summed E-state index contributed by atoms with van der Waals surface area (Å²) < 4.78 is 0. The molecule has 0 aromatic carbocycles. The van der Waals surface area contributed by atoms with Crippen LogP contribution in [0.1, 0.15) is 41.9 Å². The predicted molar refractivity (Wildman–Crippen MR) is 75.9 cm³/mol. The van der Waals surface area contributed by atoms with Crippen LogP contribution in [0, 0.1) is 13.8 Å². The summed E-state index contributed by atoms with van der Waals surface area (Å²) in [7, 11) is 2.04. The summed E-state index contributed by atoms with van der Waals surface area (Å²) in [5.41, 5.74) is 1.14. The van der Waals surface area contributed by atoms with Gasteiger partial charge in [-0.25, -0.2) is 4.98 Å². The van der Waals surface area contributed by atoms with Gasteiger partial charge in [0.05, 0.1) is 16.7 Å². The molecule has 0 radical (unpaired) electrons. The number of aryl methyl sites for hydroxylation is 2. The summed E-state index contributed by atoms with van der Waals surface area (Å²) >= 11 is 1.73. The second-order valence-electron chi connectivity index (χ2n) is 4.53. The highest BCUT2D eigenvalue weighted by Crippen LogP contribution is 2.25. The van der Waals surface area contributed by atoms with Crippen LogP contribution in [0.4, 0.5) is 0 Å². The smallest absolute Gasteiger partial charge is 0.221 e. The van der Waals surface area contributed by atoms with E-state index in [4.69, 9.17) is 0 Å². The molecule has 1 amide bonds. The lowest BCUT2D eigenvalue weighted by Gasteiger charge is -2.23. The van der Waals surface area contributed by atoms with E-state index in [0.717, 1.165) is 17.2 Å². The van der Waals surface area contributed by atoms with Gasteiger partial charge in [-0.3, -0.25) is 9.69 Å². The molecular weight excluding hydrogens is 246 g/mol. The van der Waals surface area contributed by atoms with Crippen molar-refractivity contribution in [3.8, 4) is 0 Å². The number of hydrogen-bond donors (Lipinski definition) is 1. The molecule has 1 heterocycles. The number of aromatic nitrogens is 1. The van der Waals surface area contributed by atoms with E-state index >= 15 is 0 Å². The molecule has 0 aliphatic rings. The van der Waals surface area contributed by atoms with Crippen LogP contribution in [-0.4, -0.2) is 35.9 Å². The van der Waals surface area contributed by atoms with Gasteiger partial charge in [-0.1, -0.05) is 0 Å². The molecule has 0 unspecified atom stereocenters. The zero-order valence-electron chi connectivity index (χ0n) is 11.9. The molecule has 18 heavy (non-hydrogen) atoms. The lowest BCUT2D eigenvalue weighted by Crippen LogP contribution is -2.30. The van der Waals surface area contributed by atoms with Gasteiger partial charge in [-0.2, -0.15) is 0 Å². The average Bonchev–Trinajstić information content (AvgIpc) is 2.64. The van der Waals surface area contributed by atoms with Gasteiger partial charge in [0.2, 0.25) is 5.91 Å². The Morgan fingerprint density at radius 1 is 1.50 bits per heavy atom. The second-order valence-corrected chi connectivity index (χ2v) is 5.94. The van der Waals surface area contributed by atoms with Crippen LogP contribution < -0.4 is 5.32 Å². The fraction of sp³-hybridized carbons (Fsp3) is 0.692. The molecule has 0 aliphatic heterocycles. The van der Waals surface area contributed by atoms with E-state index in [9.17, 15) is 4.79 Å². The minimum atomic E-state index is 0.114. The molecule has 0 aliphatic carbocycles. The van der Waals surface area contributed by atoms with Crippen LogP contribution in [0.25, 0.3) is 0 Å². The molecule has 1 atom stereocenters. The van der Waals surface area contributed by atoms with Crippen LogP contribution >= 0.6 is 11.3 Å². The number of nitrogens with zero attached hydrogens (tertiary/aromatic N) is 2. The Hall–Kier alpha value is -0.940. The average molecular weight is 269 g/mol. The van der Waals surface area contributed by atoms with Crippen molar-refractivity contribution in [1.29, 1.82) is 0 Å². The van der Waals surface area contributed by atoms with Gasteiger partial charge >= 0.3 is 0 Å². The zero-order chi connectivity index (χ0) is 13.7. The third-order valence-corrected chi connectivity index (χ3v) is 3.96. The lowest BCUT2D eigenvalue weighted by molar-refractivity contribution is -0.121. The molecule has 1 aromatic rings. The zero-order valence-corrected chi connectivity index (χ0v) is 12.7. The summed E-state index contributed by atoms with van der Waals surface area (Å²) in [5.74, 6) is 0.114. The maximum Gasteiger partial charge on any atom is 0.221 e. The van der Waals surface area contributed by atoms with E-state index in [1.165, 1.54) is 4.88 Å². The van der Waals surface area contributed by atoms with Crippen molar-refractivity contribution >= 4 is 17.2 Å². The lowest BCUT2D eigenvalue weighted by atomic mass is 10.2. The second kappa shape index (κ2) is 6.85. The van der Waals surface area contributed by atoms with Crippen molar-refractivity contribution in [2.24, 2.45) is 0 Å². The van der Waals surface area contributed by atoms with Crippen LogP contribution in [0.15, 0.2) is 0 Å². The molecule has 0 spiro atoms. The molecule has 0 saturated heterocycles. The normalized spacial score (nSPS) is 12.8. The van der Waals surface area contributed by atoms with Gasteiger partial charge < -0.3 is 5.32 Å². The SMILES string of the molecule is CCNC(=O)CCN(C)[C@H](C)c1nc(C)sc1C. The Balaban J connectivity index is 2.53. The molecule has 0 bridgehead atoms. The number of carbonyl (C=O) groups is 1. The third-order valence-electron chi connectivity index (χ3n) is 3.06. The largest absolute Gasteiger partial charge is 0.356 e. The van der Waals surface area contributed by atoms with Gasteiger partial charge in [0, 0.05) is 24.4 Å². The molecule has 5 heteroatoms. The Kier molecular flexibility index (Phi) is 5.75. The maximum atomic E-state index is 11.4. The molecule has 102 valence electrons. The minimum Gasteiger partial charge on any atom is -0.356 e. The number of hydrogen-bond acceptors (Lipinski definition) is 4. The van der Waals surface area contributed by atoms with Crippen molar-refractivity contribution in [2.45, 2.75) is 40.2 Å². The van der Waals surface area contributed by atoms with Gasteiger partial charge in [0.25, 0.3) is 0 Å². The maximum absolute atomic E-state index is 11.4. The quantitative estimate of drug-likeness (QED) is 0.861. The summed E-state index contributed by atoms with van der Waals surface area (Å²) in [4.78, 5) is 19.4.